The molecule has 2 aromatic rings. The van der Waals surface area contributed by atoms with E-state index in [0.717, 1.165) is 17.1 Å². The van der Waals surface area contributed by atoms with Gasteiger partial charge < -0.3 is 4.42 Å². The van der Waals surface area contributed by atoms with Gasteiger partial charge in [0.05, 0.1) is 11.8 Å². The van der Waals surface area contributed by atoms with Crippen molar-refractivity contribution in [2.45, 2.75) is 47.1 Å². The van der Waals surface area contributed by atoms with E-state index in [1.807, 2.05) is 12.1 Å². The first-order valence-corrected chi connectivity index (χ1v) is 9.11. The fraction of sp³-hybridized carbons (Fsp3) is 0.292. The summed E-state index contributed by atoms with van der Waals surface area (Å²) in [7, 11) is 0. The van der Waals surface area contributed by atoms with Crippen LogP contribution in [-0.2, 0) is 0 Å². The Labute approximate surface area is 155 Å². The third-order valence-electron chi connectivity index (χ3n) is 5.30. The molecule has 1 aromatic carbocycles. The van der Waals surface area contributed by atoms with Crippen molar-refractivity contribution in [3.05, 3.63) is 87.4 Å². The number of aryl methyl sites for hydroxylation is 3. The van der Waals surface area contributed by atoms with Crippen LogP contribution in [0.3, 0.4) is 0 Å². The number of ketones is 1. The smallest absolute Gasteiger partial charge is 0.395 e. The van der Waals surface area contributed by atoms with Crippen molar-refractivity contribution in [3.63, 3.8) is 0 Å². The number of fused-ring (bicyclic) bond motifs is 1. The predicted molar refractivity (Wildman–Crippen MR) is 107 cm³/mol. The summed E-state index contributed by atoms with van der Waals surface area (Å²) in [6.45, 7) is 13.0. The van der Waals surface area contributed by atoms with Crippen LogP contribution < -0.4 is 0 Å². The second-order valence-corrected chi connectivity index (χ2v) is 7.75. The molecule has 26 heavy (non-hydrogen) atoms. The maximum atomic E-state index is 6.58. The van der Waals surface area contributed by atoms with Crippen LogP contribution in [0.1, 0.15) is 53.2 Å². The highest BCUT2D eigenvalue weighted by Crippen LogP contribution is 2.47. The van der Waals surface area contributed by atoms with Crippen LogP contribution >= 0.6 is 0 Å². The molecular formula is C24H25O2+. The molecule has 2 aliphatic rings. The van der Waals surface area contributed by atoms with Crippen LogP contribution in [0, 0.1) is 20.8 Å². The molecule has 1 atom stereocenters. The molecule has 1 unspecified atom stereocenters. The Hall–Kier alpha value is -2.61. The molecule has 0 bridgehead atoms. The lowest BCUT2D eigenvalue weighted by Gasteiger charge is -2.20. The zero-order valence-corrected chi connectivity index (χ0v) is 16.4. The van der Waals surface area contributed by atoms with E-state index in [1.165, 1.54) is 39.0 Å². The van der Waals surface area contributed by atoms with Gasteiger partial charge in [-0.3, -0.25) is 0 Å². The monoisotopic (exact) mass is 345 g/mol. The second-order valence-electron chi connectivity index (χ2n) is 7.75. The number of hydrogen-bond acceptors (Lipinski definition) is 1. The number of furan rings is 1. The first kappa shape index (κ1) is 16.8. The average molecular weight is 345 g/mol. The van der Waals surface area contributed by atoms with Crippen molar-refractivity contribution in [2.24, 2.45) is 0 Å². The van der Waals surface area contributed by atoms with Crippen molar-refractivity contribution in [1.29, 1.82) is 0 Å². The molecule has 1 aliphatic carbocycles. The minimum absolute atomic E-state index is 0.468. The average Bonchev–Trinajstić information content (AvgIpc) is 3.12. The van der Waals surface area contributed by atoms with E-state index in [2.05, 4.69) is 65.8 Å². The predicted octanol–water partition coefficient (Wildman–Crippen LogP) is 6.06. The van der Waals surface area contributed by atoms with Crippen molar-refractivity contribution in [3.8, 4) is 0 Å². The molecule has 0 amide bonds. The normalized spacial score (nSPS) is 22.2. The van der Waals surface area contributed by atoms with E-state index in [1.54, 1.807) is 6.26 Å². The van der Waals surface area contributed by atoms with Crippen LogP contribution in [-0.4, -0.2) is 11.4 Å². The van der Waals surface area contributed by atoms with Gasteiger partial charge in [-0.05, 0) is 74.6 Å². The Balaban J connectivity index is 2.09. The van der Waals surface area contributed by atoms with E-state index in [0.29, 0.717) is 0 Å². The fourth-order valence-electron chi connectivity index (χ4n) is 4.65. The standard InChI is InChI=1S/C24H25O2/c1-14-10-16(3)20(17(4)11-14)21-22-18(5)12-15(2)13-24(22,6)26-23(21)19-8-7-9-25-19/h7-13H,1-6H3/q+1. The lowest BCUT2D eigenvalue weighted by Crippen LogP contribution is -2.24. The number of allylic oxidation sites excluding steroid dienone is 3. The molecule has 0 spiro atoms. The third kappa shape index (κ3) is 2.44. The summed E-state index contributed by atoms with van der Waals surface area (Å²) >= 11 is 0. The molecule has 4 rings (SSSR count). The fourth-order valence-corrected chi connectivity index (χ4v) is 4.65. The minimum Gasteiger partial charge on any atom is -0.455 e. The molecule has 0 fully saturated rings. The lowest BCUT2D eigenvalue weighted by atomic mass is 9.78. The van der Waals surface area contributed by atoms with E-state index in [-0.39, 0.29) is 0 Å². The maximum absolute atomic E-state index is 6.58. The molecule has 132 valence electrons. The van der Waals surface area contributed by atoms with E-state index < -0.39 is 5.60 Å². The molecule has 0 radical (unpaired) electrons. The summed E-state index contributed by atoms with van der Waals surface area (Å²) in [4.78, 5) is 0. The van der Waals surface area contributed by atoms with Crippen LogP contribution in [0.25, 0.3) is 5.57 Å². The molecular weight excluding hydrogens is 320 g/mol. The highest BCUT2D eigenvalue weighted by Gasteiger charge is 2.53. The Morgan fingerprint density at radius 2 is 1.69 bits per heavy atom. The zero-order valence-electron chi connectivity index (χ0n) is 16.4. The van der Waals surface area contributed by atoms with Crippen LogP contribution in [0.4, 0.5) is 0 Å². The highest BCUT2D eigenvalue weighted by molar-refractivity contribution is 6.31. The highest BCUT2D eigenvalue weighted by atomic mass is 16.4. The molecule has 0 saturated heterocycles. The molecule has 1 aliphatic heterocycles. The number of carbonyl (C=O) groups excluding carboxylic acids is 1. The maximum Gasteiger partial charge on any atom is 0.395 e. The second kappa shape index (κ2) is 5.70. The van der Waals surface area contributed by atoms with Crippen molar-refractivity contribution < 1.29 is 8.84 Å². The van der Waals surface area contributed by atoms with Crippen LogP contribution in [0.5, 0.6) is 0 Å². The van der Waals surface area contributed by atoms with Gasteiger partial charge >= 0.3 is 11.4 Å². The van der Waals surface area contributed by atoms with Gasteiger partial charge in [0.25, 0.3) is 0 Å². The molecule has 2 heterocycles. The Kier molecular flexibility index (Phi) is 3.69. The van der Waals surface area contributed by atoms with Gasteiger partial charge in [0.2, 0.25) is 5.76 Å². The largest absolute Gasteiger partial charge is 0.455 e. The summed E-state index contributed by atoms with van der Waals surface area (Å²) in [5.74, 6) is 1.61. The van der Waals surface area contributed by atoms with Crippen molar-refractivity contribution >= 4 is 11.4 Å². The zero-order chi connectivity index (χ0) is 18.6. The third-order valence-corrected chi connectivity index (χ3v) is 5.30. The Morgan fingerprint density at radius 1 is 1.00 bits per heavy atom. The number of rotatable bonds is 2. The molecule has 0 saturated carbocycles. The molecule has 2 nitrogen and oxygen atoms in total. The van der Waals surface area contributed by atoms with Gasteiger partial charge in [0.1, 0.15) is 5.57 Å². The first-order chi connectivity index (χ1) is 12.3. The van der Waals surface area contributed by atoms with Gasteiger partial charge in [0.15, 0.2) is 0 Å². The van der Waals surface area contributed by atoms with Crippen molar-refractivity contribution in [1.82, 2.24) is 0 Å². The van der Waals surface area contributed by atoms with E-state index in [4.69, 9.17) is 8.84 Å². The van der Waals surface area contributed by atoms with Gasteiger partial charge in [0, 0.05) is 13.0 Å². The first-order valence-electron chi connectivity index (χ1n) is 9.11. The van der Waals surface area contributed by atoms with Crippen molar-refractivity contribution in [2.75, 3.05) is 0 Å². The summed E-state index contributed by atoms with van der Waals surface area (Å²) in [6.07, 6.45) is 6.16. The van der Waals surface area contributed by atoms with Crippen LogP contribution in [0.15, 0.2) is 63.8 Å². The number of hydrogen-bond donors (Lipinski definition) is 0. The Morgan fingerprint density at radius 3 is 2.31 bits per heavy atom. The van der Waals surface area contributed by atoms with Gasteiger partial charge in [-0.25, -0.2) is 4.42 Å². The minimum atomic E-state index is -0.468. The lowest BCUT2D eigenvalue weighted by molar-refractivity contribution is -0.339. The quantitative estimate of drug-likeness (QED) is 0.607. The summed E-state index contributed by atoms with van der Waals surface area (Å²) in [5.41, 5.74) is 9.48. The van der Waals surface area contributed by atoms with Gasteiger partial charge in [-0.1, -0.05) is 23.8 Å². The van der Waals surface area contributed by atoms with E-state index in [9.17, 15) is 0 Å². The topological polar surface area (TPSA) is 24.4 Å². The summed E-state index contributed by atoms with van der Waals surface area (Å²) in [5, 5.41) is 0. The number of benzene rings is 1. The summed E-state index contributed by atoms with van der Waals surface area (Å²) < 4.78 is 12.3. The molecule has 0 N–H and O–H groups in total. The van der Waals surface area contributed by atoms with Gasteiger partial charge in [-0.2, -0.15) is 0 Å². The van der Waals surface area contributed by atoms with Crippen LogP contribution in [0.2, 0.25) is 0 Å². The Bertz CT molecular complexity index is 1000. The SMILES string of the molecule is CC1=CC2(C)[O+]=C(c3ccco3)C(c3c(C)cc(C)cc3C)=C2C(C)=C1. The van der Waals surface area contributed by atoms with Gasteiger partial charge in [-0.15, -0.1) is 0 Å². The molecule has 1 aromatic heterocycles. The summed E-state index contributed by atoms with van der Waals surface area (Å²) in [6, 6.07) is 8.38. The molecule has 2 heteroatoms. The van der Waals surface area contributed by atoms with E-state index >= 15 is 0 Å².